The fourth-order valence-corrected chi connectivity index (χ4v) is 1.76. The summed E-state index contributed by atoms with van der Waals surface area (Å²) < 4.78 is 0. The van der Waals surface area contributed by atoms with Gasteiger partial charge < -0.3 is 15.1 Å². The van der Waals surface area contributed by atoms with E-state index in [4.69, 9.17) is 0 Å². The molecular formula is C11H20N6. The molecule has 0 atom stereocenters. The summed E-state index contributed by atoms with van der Waals surface area (Å²) in [7, 11) is 7.74. The van der Waals surface area contributed by atoms with Crippen molar-refractivity contribution in [1.82, 2.24) is 15.0 Å². The third-order valence-corrected chi connectivity index (χ3v) is 3.17. The maximum Gasteiger partial charge on any atom is 0.231 e. The summed E-state index contributed by atoms with van der Waals surface area (Å²) in [5.74, 6) is 2.05. The van der Waals surface area contributed by atoms with E-state index in [1.54, 1.807) is 0 Å². The lowest BCUT2D eigenvalue weighted by Gasteiger charge is -2.34. The standard InChI is InChI=1S/C11H20N6/c1-12-9-13-10(16(2)3)15-11(14-9)17(4)8-6-5-7-8/h8H,5-7H2,1-4H3,(H,12,13,14,15). The summed E-state index contributed by atoms with van der Waals surface area (Å²) in [5, 5.41) is 2.98. The predicted molar refractivity (Wildman–Crippen MR) is 69.7 cm³/mol. The van der Waals surface area contributed by atoms with Gasteiger partial charge in [0.1, 0.15) is 0 Å². The summed E-state index contributed by atoms with van der Waals surface area (Å²) in [5.41, 5.74) is 0. The Labute approximate surface area is 102 Å². The average Bonchev–Trinajstić information content (AvgIpc) is 2.25. The van der Waals surface area contributed by atoms with Crippen molar-refractivity contribution in [3.63, 3.8) is 0 Å². The van der Waals surface area contributed by atoms with Crippen LogP contribution in [-0.2, 0) is 0 Å². The zero-order valence-corrected chi connectivity index (χ0v) is 10.9. The fraction of sp³-hybridized carbons (Fsp3) is 0.727. The molecule has 0 aromatic carbocycles. The molecule has 6 nitrogen and oxygen atoms in total. The van der Waals surface area contributed by atoms with Crippen LogP contribution in [0.5, 0.6) is 0 Å². The minimum Gasteiger partial charge on any atom is -0.357 e. The fourth-order valence-electron chi connectivity index (χ4n) is 1.76. The molecule has 0 bridgehead atoms. The van der Waals surface area contributed by atoms with E-state index in [2.05, 4.69) is 32.2 Å². The molecule has 1 fully saturated rings. The topological polar surface area (TPSA) is 57.2 Å². The third-order valence-electron chi connectivity index (χ3n) is 3.17. The van der Waals surface area contributed by atoms with Gasteiger partial charge in [0.2, 0.25) is 17.8 Å². The Morgan fingerprint density at radius 1 is 1.06 bits per heavy atom. The van der Waals surface area contributed by atoms with E-state index in [9.17, 15) is 0 Å². The molecule has 0 radical (unpaired) electrons. The van der Waals surface area contributed by atoms with Gasteiger partial charge in [-0.2, -0.15) is 15.0 Å². The number of nitrogens with one attached hydrogen (secondary N) is 1. The first-order valence-electron chi connectivity index (χ1n) is 5.96. The molecule has 17 heavy (non-hydrogen) atoms. The number of aromatic nitrogens is 3. The molecule has 1 aromatic rings. The first kappa shape index (κ1) is 11.9. The minimum atomic E-state index is 0.581. The molecule has 94 valence electrons. The van der Waals surface area contributed by atoms with E-state index >= 15 is 0 Å². The lowest BCUT2D eigenvalue weighted by molar-refractivity contribution is 0.397. The molecule has 1 aliphatic rings. The molecule has 1 heterocycles. The van der Waals surface area contributed by atoms with Crippen LogP contribution in [0.15, 0.2) is 0 Å². The summed E-state index contributed by atoms with van der Waals surface area (Å²) in [6.45, 7) is 0. The van der Waals surface area contributed by atoms with Crippen molar-refractivity contribution in [1.29, 1.82) is 0 Å². The van der Waals surface area contributed by atoms with Gasteiger partial charge in [0, 0.05) is 34.2 Å². The molecule has 0 amide bonds. The maximum absolute atomic E-state index is 4.47. The Morgan fingerprint density at radius 2 is 1.71 bits per heavy atom. The molecule has 0 aliphatic heterocycles. The van der Waals surface area contributed by atoms with Gasteiger partial charge in [0.25, 0.3) is 0 Å². The largest absolute Gasteiger partial charge is 0.357 e. The molecule has 0 saturated heterocycles. The Balaban J connectivity index is 2.28. The van der Waals surface area contributed by atoms with Gasteiger partial charge >= 0.3 is 0 Å². The Bertz CT molecular complexity index is 388. The van der Waals surface area contributed by atoms with Crippen LogP contribution in [0.25, 0.3) is 0 Å². The summed E-state index contributed by atoms with van der Waals surface area (Å²) >= 11 is 0. The van der Waals surface area contributed by atoms with E-state index in [0.29, 0.717) is 17.9 Å². The monoisotopic (exact) mass is 236 g/mol. The lowest BCUT2D eigenvalue weighted by atomic mass is 9.92. The molecule has 6 heteroatoms. The second-order valence-corrected chi connectivity index (χ2v) is 4.60. The van der Waals surface area contributed by atoms with Gasteiger partial charge in [0.05, 0.1) is 0 Å². The van der Waals surface area contributed by atoms with Crippen molar-refractivity contribution >= 4 is 17.8 Å². The average molecular weight is 236 g/mol. The highest BCUT2D eigenvalue weighted by Crippen LogP contribution is 2.27. The molecule has 1 aliphatic carbocycles. The normalized spacial score (nSPS) is 15.3. The van der Waals surface area contributed by atoms with Crippen molar-refractivity contribution < 1.29 is 0 Å². The van der Waals surface area contributed by atoms with Gasteiger partial charge in [-0.15, -0.1) is 0 Å². The van der Waals surface area contributed by atoms with Gasteiger partial charge in [-0.25, -0.2) is 0 Å². The Hall–Kier alpha value is -1.59. The van der Waals surface area contributed by atoms with Crippen LogP contribution in [-0.4, -0.2) is 49.2 Å². The van der Waals surface area contributed by atoms with E-state index in [1.807, 2.05) is 26.0 Å². The summed E-state index contributed by atoms with van der Waals surface area (Å²) in [4.78, 5) is 17.2. The van der Waals surface area contributed by atoms with E-state index in [-0.39, 0.29) is 0 Å². The summed E-state index contributed by atoms with van der Waals surface area (Å²) in [6.07, 6.45) is 3.77. The predicted octanol–water partition coefficient (Wildman–Crippen LogP) is 0.968. The van der Waals surface area contributed by atoms with Crippen molar-refractivity contribution in [3.05, 3.63) is 0 Å². The van der Waals surface area contributed by atoms with Crippen molar-refractivity contribution in [2.24, 2.45) is 0 Å². The van der Waals surface area contributed by atoms with E-state index < -0.39 is 0 Å². The summed E-state index contributed by atoms with van der Waals surface area (Å²) in [6, 6.07) is 0.581. The molecule has 0 spiro atoms. The third kappa shape index (κ3) is 2.40. The van der Waals surface area contributed by atoms with Crippen LogP contribution in [0.1, 0.15) is 19.3 Å². The molecule has 1 N–H and O–H groups in total. The van der Waals surface area contributed by atoms with Crippen LogP contribution in [0.2, 0.25) is 0 Å². The quantitative estimate of drug-likeness (QED) is 0.840. The number of anilines is 3. The van der Waals surface area contributed by atoms with E-state index in [0.717, 1.165) is 5.95 Å². The highest BCUT2D eigenvalue weighted by atomic mass is 15.3. The Kier molecular flexibility index (Phi) is 3.31. The lowest BCUT2D eigenvalue weighted by Crippen LogP contribution is -2.38. The van der Waals surface area contributed by atoms with E-state index in [1.165, 1.54) is 19.3 Å². The van der Waals surface area contributed by atoms with Crippen LogP contribution in [0, 0.1) is 0 Å². The Morgan fingerprint density at radius 3 is 2.18 bits per heavy atom. The van der Waals surface area contributed by atoms with Crippen molar-refractivity contribution in [2.75, 3.05) is 43.3 Å². The van der Waals surface area contributed by atoms with Crippen LogP contribution in [0.4, 0.5) is 17.8 Å². The second-order valence-electron chi connectivity index (χ2n) is 4.60. The molecule has 0 unspecified atom stereocenters. The van der Waals surface area contributed by atoms with Crippen molar-refractivity contribution in [2.45, 2.75) is 25.3 Å². The highest BCUT2D eigenvalue weighted by molar-refractivity contribution is 5.44. The smallest absolute Gasteiger partial charge is 0.231 e. The van der Waals surface area contributed by atoms with Gasteiger partial charge in [-0.1, -0.05) is 0 Å². The van der Waals surface area contributed by atoms with Gasteiger partial charge in [-0.3, -0.25) is 0 Å². The molecule has 1 saturated carbocycles. The zero-order chi connectivity index (χ0) is 12.4. The van der Waals surface area contributed by atoms with Crippen LogP contribution in [0.3, 0.4) is 0 Å². The van der Waals surface area contributed by atoms with Crippen LogP contribution < -0.4 is 15.1 Å². The molecular weight excluding hydrogens is 216 g/mol. The van der Waals surface area contributed by atoms with Crippen LogP contribution >= 0.6 is 0 Å². The highest BCUT2D eigenvalue weighted by Gasteiger charge is 2.24. The number of rotatable bonds is 4. The number of nitrogens with zero attached hydrogens (tertiary/aromatic N) is 5. The first-order valence-corrected chi connectivity index (χ1v) is 5.96. The maximum atomic E-state index is 4.47. The number of hydrogen-bond donors (Lipinski definition) is 1. The SMILES string of the molecule is CNc1nc(N(C)C)nc(N(C)C2CCC2)n1. The number of hydrogen-bond acceptors (Lipinski definition) is 6. The minimum absolute atomic E-state index is 0.581. The van der Waals surface area contributed by atoms with Gasteiger partial charge in [0.15, 0.2) is 0 Å². The molecule has 1 aromatic heterocycles. The first-order chi connectivity index (χ1) is 8.11. The van der Waals surface area contributed by atoms with Gasteiger partial charge in [-0.05, 0) is 19.3 Å². The van der Waals surface area contributed by atoms with Crippen molar-refractivity contribution in [3.8, 4) is 0 Å². The zero-order valence-electron chi connectivity index (χ0n) is 10.9. The second kappa shape index (κ2) is 4.73. The molecule has 2 rings (SSSR count).